The molecule has 0 radical (unpaired) electrons. The van der Waals surface area contributed by atoms with Crippen molar-refractivity contribution in [2.45, 2.75) is 12.6 Å². The van der Waals surface area contributed by atoms with E-state index in [1.165, 1.54) is 36.4 Å². The largest absolute Gasteiger partial charge is 0.508 e. The number of nitrogens with one attached hydrogen (secondary N) is 2. The standard InChI is InChI=1S/C22H19F3N4O2/c23-22(24,25)16-3-1-2-15(13-16)20(12-14-4-6-17(26)7-5-14)28-29-21(31)27-18-8-10-19(30)11-9-18/h1-11,13,30H,12,26H2,(H2,27,29,31)/b28-20-. The highest BCUT2D eigenvalue weighted by molar-refractivity contribution is 6.03. The van der Waals surface area contributed by atoms with Crippen LogP contribution in [0.4, 0.5) is 29.3 Å². The third kappa shape index (κ3) is 6.23. The number of hydrogen-bond acceptors (Lipinski definition) is 4. The molecule has 0 saturated heterocycles. The Kier molecular flexibility index (Phi) is 6.44. The van der Waals surface area contributed by atoms with Gasteiger partial charge in [-0.2, -0.15) is 18.3 Å². The molecule has 0 spiro atoms. The number of phenolic OH excluding ortho intramolecular Hbond substituents is 1. The number of alkyl halides is 3. The SMILES string of the molecule is Nc1ccc(C/C(=N/NC(=O)Nc2ccc(O)cc2)c2cccc(C(F)(F)F)c2)cc1. The van der Waals surface area contributed by atoms with Gasteiger partial charge in [-0.1, -0.05) is 24.3 Å². The second-order valence-electron chi connectivity index (χ2n) is 6.67. The predicted octanol–water partition coefficient (Wildman–Crippen LogP) is 4.76. The third-order valence-electron chi connectivity index (χ3n) is 4.29. The van der Waals surface area contributed by atoms with Gasteiger partial charge in [-0.05, 0) is 59.7 Å². The van der Waals surface area contributed by atoms with Crippen molar-refractivity contribution in [2.24, 2.45) is 5.10 Å². The molecule has 0 fully saturated rings. The fraction of sp³-hybridized carbons (Fsp3) is 0.0909. The van der Waals surface area contributed by atoms with E-state index >= 15 is 0 Å². The number of halogens is 3. The molecular formula is C22H19F3N4O2. The van der Waals surface area contributed by atoms with Crippen LogP contribution < -0.4 is 16.5 Å². The van der Waals surface area contributed by atoms with Gasteiger partial charge in [-0.3, -0.25) is 0 Å². The van der Waals surface area contributed by atoms with E-state index in [1.807, 2.05) is 0 Å². The molecule has 3 rings (SSSR count). The van der Waals surface area contributed by atoms with Crippen molar-refractivity contribution in [1.82, 2.24) is 5.43 Å². The van der Waals surface area contributed by atoms with E-state index in [2.05, 4.69) is 15.8 Å². The summed E-state index contributed by atoms with van der Waals surface area (Å²) in [6, 6.07) is 16.6. The number of carbonyl (C=O) groups excluding carboxylic acids is 1. The highest BCUT2D eigenvalue weighted by Crippen LogP contribution is 2.30. The van der Waals surface area contributed by atoms with Crippen molar-refractivity contribution in [1.29, 1.82) is 0 Å². The first-order valence-electron chi connectivity index (χ1n) is 9.15. The van der Waals surface area contributed by atoms with Crippen molar-refractivity contribution in [3.63, 3.8) is 0 Å². The van der Waals surface area contributed by atoms with E-state index in [0.717, 1.165) is 17.7 Å². The van der Waals surface area contributed by atoms with Gasteiger partial charge in [0.2, 0.25) is 0 Å². The number of nitrogens with zero attached hydrogens (tertiary/aromatic N) is 1. The van der Waals surface area contributed by atoms with Crippen molar-refractivity contribution >= 4 is 23.1 Å². The van der Waals surface area contributed by atoms with Crippen molar-refractivity contribution < 1.29 is 23.1 Å². The van der Waals surface area contributed by atoms with Crippen LogP contribution in [-0.2, 0) is 12.6 Å². The molecule has 160 valence electrons. The molecule has 0 unspecified atom stereocenters. The van der Waals surface area contributed by atoms with E-state index in [-0.39, 0.29) is 23.4 Å². The summed E-state index contributed by atoms with van der Waals surface area (Å²) in [5.41, 5.74) is 9.33. The number of hydrogen-bond donors (Lipinski definition) is 4. The molecule has 0 aromatic heterocycles. The molecule has 3 aromatic carbocycles. The lowest BCUT2D eigenvalue weighted by molar-refractivity contribution is -0.137. The smallest absolute Gasteiger partial charge is 0.416 e. The van der Waals surface area contributed by atoms with Crippen LogP contribution in [0.5, 0.6) is 5.75 Å². The minimum atomic E-state index is -4.51. The fourth-order valence-corrected chi connectivity index (χ4v) is 2.73. The summed E-state index contributed by atoms with van der Waals surface area (Å²) in [4.78, 5) is 12.2. The molecule has 0 bridgehead atoms. The van der Waals surface area contributed by atoms with E-state index < -0.39 is 17.8 Å². The van der Waals surface area contributed by atoms with E-state index in [9.17, 15) is 23.1 Å². The van der Waals surface area contributed by atoms with Crippen LogP contribution in [0.3, 0.4) is 0 Å². The Morgan fingerprint density at radius 2 is 1.68 bits per heavy atom. The summed E-state index contributed by atoms with van der Waals surface area (Å²) < 4.78 is 39.4. The fourth-order valence-electron chi connectivity index (χ4n) is 2.73. The van der Waals surface area contributed by atoms with Crippen LogP contribution in [0.1, 0.15) is 16.7 Å². The number of hydrazone groups is 1. The minimum absolute atomic E-state index is 0.0410. The molecule has 0 aliphatic heterocycles. The average molecular weight is 428 g/mol. The Labute approximate surface area is 176 Å². The quantitative estimate of drug-likeness (QED) is 0.204. The first-order valence-corrected chi connectivity index (χ1v) is 9.15. The van der Waals surface area contributed by atoms with Crippen LogP contribution in [0.25, 0.3) is 0 Å². The van der Waals surface area contributed by atoms with Gasteiger partial charge in [0.1, 0.15) is 5.75 Å². The second-order valence-corrected chi connectivity index (χ2v) is 6.67. The number of rotatable bonds is 5. The van der Waals surface area contributed by atoms with E-state index in [1.54, 1.807) is 24.3 Å². The predicted molar refractivity (Wildman–Crippen MR) is 113 cm³/mol. The van der Waals surface area contributed by atoms with Crippen LogP contribution in [0, 0.1) is 0 Å². The first-order chi connectivity index (χ1) is 14.7. The Hall–Kier alpha value is -4.01. The third-order valence-corrected chi connectivity index (χ3v) is 4.29. The molecule has 0 heterocycles. The molecule has 9 heteroatoms. The van der Waals surface area contributed by atoms with Crippen LogP contribution in [0.15, 0.2) is 77.9 Å². The highest BCUT2D eigenvalue weighted by atomic mass is 19.4. The van der Waals surface area contributed by atoms with Crippen molar-refractivity contribution in [2.75, 3.05) is 11.1 Å². The van der Waals surface area contributed by atoms with Gasteiger partial charge in [0.15, 0.2) is 0 Å². The number of anilines is 2. The number of aromatic hydroxyl groups is 1. The Morgan fingerprint density at radius 1 is 1.00 bits per heavy atom. The zero-order valence-corrected chi connectivity index (χ0v) is 16.1. The minimum Gasteiger partial charge on any atom is -0.508 e. The van der Waals surface area contributed by atoms with Gasteiger partial charge in [-0.15, -0.1) is 0 Å². The zero-order valence-electron chi connectivity index (χ0n) is 16.1. The average Bonchev–Trinajstić information content (AvgIpc) is 2.73. The molecule has 2 amide bonds. The maximum atomic E-state index is 13.1. The number of urea groups is 1. The normalized spacial score (nSPS) is 11.8. The number of amides is 2. The van der Waals surface area contributed by atoms with Gasteiger partial charge < -0.3 is 16.2 Å². The summed E-state index contributed by atoms with van der Waals surface area (Å²) in [7, 11) is 0. The van der Waals surface area contributed by atoms with Crippen LogP contribution >= 0.6 is 0 Å². The maximum absolute atomic E-state index is 13.1. The number of benzene rings is 3. The lowest BCUT2D eigenvalue weighted by Gasteiger charge is -2.12. The van der Waals surface area contributed by atoms with E-state index in [4.69, 9.17) is 5.73 Å². The van der Waals surface area contributed by atoms with Crippen molar-refractivity contribution in [3.05, 3.63) is 89.5 Å². The molecule has 0 atom stereocenters. The lowest BCUT2D eigenvalue weighted by atomic mass is 10.00. The first kappa shape index (κ1) is 21.7. The lowest BCUT2D eigenvalue weighted by Crippen LogP contribution is -2.26. The van der Waals surface area contributed by atoms with Crippen LogP contribution in [0.2, 0.25) is 0 Å². The molecule has 31 heavy (non-hydrogen) atoms. The topological polar surface area (TPSA) is 99.7 Å². The zero-order chi connectivity index (χ0) is 22.4. The van der Waals surface area contributed by atoms with Crippen molar-refractivity contribution in [3.8, 4) is 5.75 Å². The summed E-state index contributed by atoms with van der Waals surface area (Å²) in [5.74, 6) is 0.0410. The molecule has 0 aliphatic carbocycles. The van der Waals surface area contributed by atoms with Gasteiger partial charge >= 0.3 is 12.2 Å². The molecule has 0 saturated carbocycles. The number of nitrogen functional groups attached to an aromatic ring is 1. The van der Waals surface area contributed by atoms with Gasteiger partial charge in [0.05, 0.1) is 11.3 Å². The van der Waals surface area contributed by atoms with E-state index in [0.29, 0.717) is 11.4 Å². The number of nitrogens with two attached hydrogens (primary N) is 1. The summed E-state index contributed by atoms with van der Waals surface area (Å²) in [6.07, 6.45) is -4.34. The Bertz CT molecular complexity index is 1080. The number of phenols is 1. The summed E-state index contributed by atoms with van der Waals surface area (Å²) in [6.45, 7) is 0. The molecule has 5 N–H and O–H groups in total. The van der Waals surface area contributed by atoms with Gasteiger partial charge in [-0.25, -0.2) is 10.2 Å². The summed E-state index contributed by atoms with van der Waals surface area (Å²) >= 11 is 0. The van der Waals surface area contributed by atoms with Crippen LogP contribution in [-0.4, -0.2) is 16.8 Å². The molecule has 6 nitrogen and oxygen atoms in total. The monoisotopic (exact) mass is 428 g/mol. The molecular weight excluding hydrogens is 409 g/mol. The van der Waals surface area contributed by atoms with Gasteiger partial charge in [0, 0.05) is 17.8 Å². The maximum Gasteiger partial charge on any atom is 0.416 e. The highest BCUT2D eigenvalue weighted by Gasteiger charge is 2.30. The Balaban J connectivity index is 1.85. The summed E-state index contributed by atoms with van der Waals surface area (Å²) in [5, 5.41) is 15.9. The molecule has 3 aromatic rings. The molecule has 0 aliphatic rings. The Morgan fingerprint density at radius 3 is 2.32 bits per heavy atom. The number of carbonyl (C=O) groups is 1. The second kappa shape index (κ2) is 9.21. The van der Waals surface area contributed by atoms with Gasteiger partial charge in [0.25, 0.3) is 0 Å².